The highest BCUT2D eigenvalue weighted by Crippen LogP contribution is 2.22. The standard InChI is InChI=1S/C16H17ClN2O/c1-2-3-16(20)14-6-7-19(11-14)10-13-5-4-12(9-18)8-15(13)17/h4-8,11,16,20H,2-3,10H2,1H3. The summed E-state index contributed by atoms with van der Waals surface area (Å²) in [5.74, 6) is 0. The molecule has 0 aliphatic rings. The highest BCUT2D eigenvalue weighted by atomic mass is 35.5. The van der Waals surface area contributed by atoms with Gasteiger partial charge in [0.05, 0.1) is 17.7 Å². The molecule has 4 heteroatoms. The van der Waals surface area contributed by atoms with E-state index in [0.717, 1.165) is 24.0 Å². The van der Waals surface area contributed by atoms with E-state index < -0.39 is 6.10 Å². The zero-order valence-corrected chi connectivity index (χ0v) is 12.1. The Balaban J connectivity index is 2.13. The minimum atomic E-state index is -0.405. The number of nitrogens with zero attached hydrogens (tertiary/aromatic N) is 2. The van der Waals surface area contributed by atoms with Crippen molar-refractivity contribution in [2.24, 2.45) is 0 Å². The SMILES string of the molecule is CCCC(O)c1ccn(Cc2ccc(C#N)cc2Cl)c1. The van der Waals surface area contributed by atoms with Gasteiger partial charge in [0.1, 0.15) is 0 Å². The second kappa shape index (κ2) is 6.60. The molecule has 1 atom stereocenters. The van der Waals surface area contributed by atoms with Crippen LogP contribution in [0, 0.1) is 11.3 Å². The summed E-state index contributed by atoms with van der Waals surface area (Å²) in [4.78, 5) is 0. The van der Waals surface area contributed by atoms with E-state index in [1.165, 1.54) is 0 Å². The molecule has 1 unspecified atom stereocenters. The van der Waals surface area contributed by atoms with Crippen LogP contribution in [-0.4, -0.2) is 9.67 Å². The highest BCUT2D eigenvalue weighted by Gasteiger charge is 2.09. The molecular formula is C16H17ClN2O. The quantitative estimate of drug-likeness (QED) is 0.907. The molecular weight excluding hydrogens is 272 g/mol. The van der Waals surface area contributed by atoms with Crippen molar-refractivity contribution in [3.05, 3.63) is 58.4 Å². The Morgan fingerprint density at radius 2 is 2.20 bits per heavy atom. The molecule has 104 valence electrons. The topological polar surface area (TPSA) is 49.0 Å². The van der Waals surface area contributed by atoms with Crippen LogP contribution in [0.5, 0.6) is 0 Å². The van der Waals surface area contributed by atoms with Gasteiger partial charge in [-0.15, -0.1) is 0 Å². The lowest BCUT2D eigenvalue weighted by atomic mass is 10.1. The first-order valence-corrected chi connectivity index (χ1v) is 7.04. The third-order valence-electron chi connectivity index (χ3n) is 3.26. The van der Waals surface area contributed by atoms with Crippen molar-refractivity contribution in [3.8, 4) is 6.07 Å². The number of aromatic nitrogens is 1. The van der Waals surface area contributed by atoms with E-state index >= 15 is 0 Å². The number of rotatable bonds is 5. The molecule has 0 aliphatic carbocycles. The van der Waals surface area contributed by atoms with Crippen molar-refractivity contribution in [1.29, 1.82) is 5.26 Å². The molecule has 0 bridgehead atoms. The number of hydrogen-bond acceptors (Lipinski definition) is 2. The second-order valence-corrected chi connectivity index (χ2v) is 5.25. The van der Waals surface area contributed by atoms with Crippen molar-refractivity contribution in [3.63, 3.8) is 0 Å². The largest absolute Gasteiger partial charge is 0.388 e. The summed E-state index contributed by atoms with van der Waals surface area (Å²) in [6, 6.07) is 9.30. The second-order valence-electron chi connectivity index (χ2n) is 4.84. The summed E-state index contributed by atoms with van der Waals surface area (Å²) < 4.78 is 1.99. The van der Waals surface area contributed by atoms with Crippen LogP contribution in [0.3, 0.4) is 0 Å². The Morgan fingerprint density at radius 3 is 2.85 bits per heavy atom. The molecule has 1 aromatic heterocycles. The van der Waals surface area contributed by atoms with E-state index in [-0.39, 0.29) is 0 Å². The Morgan fingerprint density at radius 1 is 1.40 bits per heavy atom. The number of hydrogen-bond donors (Lipinski definition) is 1. The highest BCUT2D eigenvalue weighted by molar-refractivity contribution is 6.31. The summed E-state index contributed by atoms with van der Waals surface area (Å²) >= 11 is 6.16. The third-order valence-corrected chi connectivity index (χ3v) is 3.61. The van der Waals surface area contributed by atoms with Crippen molar-refractivity contribution in [2.45, 2.75) is 32.4 Å². The molecule has 0 aliphatic heterocycles. The summed E-state index contributed by atoms with van der Waals surface area (Å²) in [5, 5.41) is 19.4. The first-order chi connectivity index (χ1) is 9.63. The van der Waals surface area contributed by atoms with E-state index in [4.69, 9.17) is 16.9 Å². The van der Waals surface area contributed by atoms with Crippen molar-refractivity contribution >= 4 is 11.6 Å². The minimum absolute atomic E-state index is 0.405. The van der Waals surface area contributed by atoms with E-state index in [2.05, 4.69) is 13.0 Å². The fourth-order valence-electron chi connectivity index (χ4n) is 2.14. The monoisotopic (exact) mass is 288 g/mol. The fraction of sp³-hybridized carbons (Fsp3) is 0.312. The average Bonchev–Trinajstić information content (AvgIpc) is 2.90. The summed E-state index contributed by atoms with van der Waals surface area (Å²) in [6.45, 7) is 2.68. The van der Waals surface area contributed by atoms with Crippen LogP contribution in [0.1, 0.15) is 42.6 Å². The molecule has 3 nitrogen and oxygen atoms in total. The lowest BCUT2D eigenvalue weighted by Gasteiger charge is -2.08. The molecule has 2 rings (SSSR count). The Labute approximate surface area is 124 Å². The van der Waals surface area contributed by atoms with Crippen molar-refractivity contribution in [2.75, 3.05) is 0 Å². The molecule has 20 heavy (non-hydrogen) atoms. The summed E-state index contributed by atoms with van der Waals surface area (Å²) in [7, 11) is 0. The number of aliphatic hydroxyl groups is 1. The molecule has 0 amide bonds. The smallest absolute Gasteiger partial charge is 0.0992 e. The molecule has 1 heterocycles. The Bertz CT molecular complexity index is 628. The number of halogens is 1. The van der Waals surface area contributed by atoms with E-state index in [9.17, 15) is 5.11 Å². The predicted molar refractivity (Wildman–Crippen MR) is 79.6 cm³/mol. The van der Waals surface area contributed by atoms with Gasteiger partial charge in [0.2, 0.25) is 0 Å². The van der Waals surface area contributed by atoms with Gasteiger partial charge in [-0.1, -0.05) is 31.0 Å². The number of nitriles is 1. The van der Waals surface area contributed by atoms with E-state index in [1.807, 2.05) is 29.1 Å². The first-order valence-electron chi connectivity index (χ1n) is 6.66. The zero-order chi connectivity index (χ0) is 14.5. The van der Waals surface area contributed by atoms with Crippen LogP contribution < -0.4 is 0 Å². The fourth-order valence-corrected chi connectivity index (χ4v) is 2.38. The summed E-state index contributed by atoms with van der Waals surface area (Å²) in [5.41, 5.74) is 2.44. The Hall–Kier alpha value is -1.76. The molecule has 2 aromatic rings. The lowest BCUT2D eigenvalue weighted by molar-refractivity contribution is 0.166. The van der Waals surface area contributed by atoms with Gasteiger partial charge in [0.25, 0.3) is 0 Å². The molecule has 0 saturated heterocycles. The van der Waals surface area contributed by atoms with E-state index in [1.54, 1.807) is 12.1 Å². The Kier molecular flexibility index (Phi) is 4.84. The first kappa shape index (κ1) is 14.6. The van der Waals surface area contributed by atoms with Crippen LogP contribution in [0.2, 0.25) is 5.02 Å². The van der Waals surface area contributed by atoms with Crippen LogP contribution >= 0.6 is 11.6 Å². The molecule has 0 fully saturated rings. The van der Waals surface area contributed by atoms with Gasteiger partial charge in [0.15, 0.2) is 0 Å². The van der Waals surface area contributed by atoms with Gasteiger partial charge in [-0.3, -0.25) is 0 Å². The number of aliphatic hydroxyl groups excluding tert-OH is 1. The van der Waals surface area contributed by atoms with Gasteiger partial charge < -0.3 is 9.67 Å². The van der Waals surface area contributed by atoms with Crippen LogP contribution in [-0.2, 0) is 6.54 Å². The maximum atomic E-state index is 9.95. The molecule has 0 radical (unpaired) electrons. The minimum Gasteiger partial charge on any atom is -0.388 e. The van der Waals surface area contributed by atoms with Crippen molar-refractivity contribution in [1.82, 2.24) is 4.57 Å². The van der Waals surface area contributed by atoms with Crippen LogP contribution in [0.15, 0.2) is 36.7 Å². The molecule has 1 N–H and O–H groups in total. The van der Waals surface area contributed by atoms with Gasteiger partial charge in [0, 0.05) is 24.0 Å². The zero-order valence-electron chi connectivity index (χ0n) is 11.4. The maximum absolute atomic E-state index is 9.95. The average molecular weight is 289 g/mol. The normalized spacial score (nSPS) is 12.1. The summed E-state index contributed by atoms with van der Waals surface area (Å²) in [6.07, 6.45) is 5.19. The lowest BCUT2D eigenvalue weighted by Crippen LogP contribution is -1.99. The van der Waals surface area contributed by atoms with Crippen LogP contribution in [0.4, 0.5) is 0 Å². The predicted octanol–water partition coefficient (Wildman–Crippen LogP) is 3.89. The van der Waals surface area contributed by atoms with Gasteiger partial charge >= 0.3 is 0 Å². The van der Waals surface area contributed by atoms with Gasteiger partial charge in [-0.25, -0.2) is 0 Å². The van der Waals surface area contributed by atoms with E-state index in [0.29, 0.717) is 17.1 Å². The third kappa shape index (κ3) is 3.41. The van der Waals surface area contributed by atoms with Gasteiger partial charge in [-0.2, -0.15) is 5.26 Å². The molecule has 0 saturated carbocycles. The molecule has 1 aromatic carbocycles. The van der Waals surface area contributed by atoms with Gasteiger partial charge in [-0.05, 0) is 35.7 Å². The van der Waals surface area contributed by atoms with Crippen LogP contribution in [0.25, 0.3) is 0 Å². The number of benzene rings is 1. The maximum Gasteiger partial charge on any atom is 0.0992 e. The van der Waals surface area contributed by atoms with Crippen molar-refractivity contribution < 1.29 is 5.11 Å². The molecule has 0 spiro atoms.